The first-order valence-electron chi connectivity index (χ1n) is 9.18. The van der Waals surface area contributed by atoms with Gasteiger partial charge in [-0.3, -0.25) is 4.90 Å². The van der Waals surface area contributed by atoms with Crippen molar-refractivity contribution in [3.05, 3.63) is 65.4 Å². The van der Waals surface area contributed by atoms with Gasteiger partial charge in [-0.25, -0.2) is 0 Å². The van der Waals surface area contributed by atoms with Crippen LogP contribution in [0.5, 0.6) is 11.5 Å². The van der Waals surface area contributed by atoms with E-state index in [2.05, 4.69) is 21.9 Å². The summed E-state index contributed by atoms with van der Waals surface area (Å²) in [6.45, 7) is 4.78. The van der Waals surface area contributed by atoms with Gasteiger partial charge in [-0.05, 0) is 48.0 Å². The second-order valence-corrected chi connectivity index (χ2v) is 7.22. The van der Waals surface area contributed by atoms with Crippen LogP contribution in [0.25, 0.3) is 0 Å². The smallest absolute Gasteiger partial charge is 0.168 e. The molecule has 2 aliphatic heterocycles. The number of hydrogen-bond acceptors (Lipinski definition) is 5. The highest BCUT2D eigenvalue weighted by atomic mass is 35.5. The Hall–Kier alpha value is -2.21. The number of hydrogen-bond donors (Lipinski definition) is 1. The minimum absolute atomic E-state index is 0.493. The van der Waals surface area contributed by atoms with Gasteiger partial charge in [0, 0.05) is 43.4 Å². The van der Waals surface area contributed by atoms with Crippen molar-refractivity contribution >= 4 is 17.3 Å². The van der Waals surface area contributed by atoms with Crippen molar-refractivity contribution in [2.45, 2.75) is 6.10 Å². The van der Waals surface area contributed by atoms with Crippen molar-refractivity contribution in [1.82, 2.24) is 4.90 Å². The van der Waals surface area contributed by atoms with Crippen LogP contribution in [-0.2, 0) is 0 Å². The van der Waals surface area contributed by atoms with Crippen LogP contribution >= 0.6 is 11.6 Å². The van der Waals surface area contributed by atoms with Crippen molar-refractivity contribution in [3.8, 4) is 11.5 Å². The Bertz CT molecular complexity index is 802. The minimum atomic E-state index is -0.562. The summed E-state index contributed by atoms with van der Waals surface area (Å²) >= 11 is 5.97. The van der Waals surface area contributed by atoms with Gasteiger partial charge in [0.25, 0.3) is 0 Å². The van der Waals surface area contributed by atoms with Crippen molar-refractivity contribution in [2.75, 3.05) is 44.2 Å². The number of piperazine rings is 1. The fourth-order valence-electron chi connectivity index (χ4n) is 3.43. The van der Waals surface area contributed by atoms with Crippen molar-refractivity contribution in [1.29, 1.82) is 0 Å². The second-order valence-electron chi connectivity index (χ2n) is 6.79. The molecule has 4 rings (SSSR count). The third-order valence-corrected chi connectivity index (χ3v) is 5.23. The molecule has 1 unspecified atom stereocenters. The summed E-state index contributed by atoms with van der Waals surface area (Å²) in [5.74, 6) is 1.35. The molecule has 0 aliphatic carbocycles. The highest BCUT2D eigenvalue weighted by Crippen LogP contribution is 2.32. The normalized spacial score (nSPS) is 18.2. The molecule has 27 heavy (non-hydrogen) atoms. The lowest BCUT2D eigenvalue weighted by Gasteiger charge is -2.37. The third kappa shape index (κ3) is 4.38. The van der Waals surface area contributed by atoms with Crippen LogP contribution in [0.4, 0.5) is 5.69 Å². The maximum absolute atomic E-state index is 10.7. The number of fused-ring (bicyclic) bond motifs is 1. The topological polar surface area (TPSA) is 45.2 Å². The first-order valence-corrected chi connectivity index (χ1v) is 9.56. The van der Waals surface area contributed by atoms with Gasteiger partial charge in [0.2, 0.25) is 0 Å². The molecule has 2 aromatic rings. The molecule has 0 amide bonds. The Labute approximate surface area is 164 Å². The molecule has 1 saturated heterocycles. The number of rotatable bonds is 4. The lowest BCUT2D eigenvalue weighted by Crippen LogP contribution is -2.47. The summed E-state index contributed by atoms with van der Waals surface area (Å²) < 4.78 is 11.1. The second kappa shape index (κ2) is 8.21. The molecular formula is C21H23ClN2O3. The van der Waals surface area contributed by atoms with Crippen molar-refractivity contribution < 1.29 is 14.6 Å². The molecule has 2 aliphatic rings. The summed E-state index contributed by atoms with van der Waals surface area (Å²) in [5.41, 5.74) is 2.03. The number of aliphatic hydroxyl groups excluding tert-OH is 1. The molecule has 1 atom stereocenters. The van der Waals surface area contributed by atoms with E-state index in [4.69, 9.17) is 21.1 Å². The van der Waals surface area contributed by atoms with E-state index in [1.165, 1.54) is 5.69 Å². The molecule has 0 radical (unpaired) electrons. The molecule has 5 nitrogen and oxygen atoms in total. The SMILES string of the molecule is OC(CN1CCN(c2ccc(Cl)cc2)CC1)c1ccc2c(c1)OC=CCO2. The third-order valence-electron chi connectivity index (χ3n) is 4.97. The van der Waals surface area contributed by atoms with Crippen LogP contribution in [0, 0.1) is 0 Å². The number of halogens is 1. The molecule has 142 valence electrons. The average Bonchev–Trinajstić information content (AvgIpc) is 2.94. The number of β-amino-alcohol motifs (C(OH)–C–C–N with tert-alkyl or cyclic N) is 1. The molecule has 1 N–H and O–H groups in total. The summed E-state index contributed by atoms with van der Waals surface area (Å²) in [4.78, 5) is 4.64. The minimum Gasteiger partial charge on any atom is -0.485 e. The number of ether oxygens (including phenoxy) is 2. The lowest BCUT2D eigenvalue weighted by molar-refractivity contribution is 0.109. The number of benzene rings is 2. The van der Waals surface area contributed by atoms with Crippen LogP contribution in [0.1, 0.15) is 11.7 Å². The lowest BCUT2D eigenvalue weighted by atomic mass is 10.1. The van der Waals surface area contributed by atoms with E-state index < -0.39 is 6.10 Å². The quantitative estimate of drug-likeness (QED) is 0.871. The van der Waals surface area contributed by atoms with Crippen molar-refractivity contribution in [3.63, 3.8) is 0 Å². The monoisotopic (exact) mass is 386 g/mol. The van der Waals surface area contributed by atoms with E-state index in [-0.39, 0.29) is 0 Å². The van der Waals surface area contributed by atoms with Gasteiger partial charge in [0.15, 0.2) is 11.5 Å². The maximum Gasteiger partial charge on any atom is 0.168 e. The largest absolute Gasteiger partial charge is 0.485 e. The van der Waals surface area contributed by atoms with Crippen LogP contribution in [0.3, 0.4) is 0 Å². The molecule has 2 heterocycles. The van der Waals surface area contributed by atoms with Gasteiger partial charge in [-0.1, -0.05) is 17.7 Å². The zero-order valence-corrected chi connectivity index (χ0v) is 15.8. The van der Waals surface area contributed by atoms with Gasteiger partial charge in [0.05, 0.1) is 12.4 Å². The Morgan fingerprint density at radius 3 is 2.56 bits per heavy atom. The standard InChI is InChI=1S/C21H23ClN2O3/c22-17-3-5-18(6-4-17)24-10-8-23(9-11-24)15-19(25)16-2-7-20-21(14-16)27-13-1-12-26-20/h1-7,13-14,19,25H,8-12,15H2. The molecular weight excluding hydrogens is 364 g/mol. The summed E-state index contributed by atoms with van der Waals surface area (Å²) in [7, 11) is 0. The van der Waals surface area contributed by atoms with Crippen LogP contribution in [-0.4, -0.2) is 49.3 Å². The fraction of sp³-hybridized carbons (Fsp3) is 0.333. The van der Waals surface area contributed by atoms with Crippen molar-refractivity contribution in [2.24, 2.45) is 0 Å². The predicted molar refractivity (Wildman–Crippen MR) is 107 cm³/mol. The van der Waals surface area contributed by atoms with Gasteiger partial charge < -0.3 is 19.5 Å². The van der Waals surface area contributed by atoms with E-state index >= 15 is 0 Å². The Morgan fingerprint density at radius 2 is 1.78 bits per heavy atom. The number of anilines is 1. The molecule has 0 aromatic heterocycles. The van der Waals surface area contributed by atoms with E-state index in [1.54, 1.807) is 6.26 Å². The van der Waals surface area contributed by atoms with E-state index in [0.717, 1.165) is 36.8 Å². The highest BCUT2D eigenvalue weighted by Gasteiger charge is 2.21. The van der Waals surface area contributed by atoms with E-state index in [0.29, 0.717) is 24.7 Å². The van der Waals surface area contributed by atoms with Gasteiger partial charge in [0.1, 0.15) is 6.61 Å². The van der Waals surface area contributed by atoms with Crippen LogP contribution in [0.15, 0.2) is 54.8 Å². The zero-order chi connectivity index (χ0) is 18.6. The number of aliphatic hydroxyl groups is 1. The highest BCUT2D eigenvalue weighted by molar-refractivity contribution is 6.30. The maximum atomic E-state index is 10.7. The molecule has 2 aromatic carbocycles. The molecule has 6 heteroatoms. The van der Waals surface area contributed by atoms with Gasteiger partial charge in [-0.15, -0.1) is 0 Å². The first-order chi connectivity index (χ1) is 13.2. The zero-order valence-electron chi connectivity index (χ0n) is 15.1. The average molecular weight is 387 g/mol. The molecule has 0 saturated carbocycles. The summed E-state index contributed by atoms with van der Waals surface area (Å²) in [5, 5.41) is 11.4. The Kier molecular flexibility index (Phi) is 5.53. The van der Waals surface area contributed by atoms with Gasteiger partial charge in [-0.2, -0.15) is 0 Å². The summed E-state index contributed by atoms with van der Waals surface area (Å²) in [6.07, 6.45) is 2.88. The predicted octanol–water partition coefficient (Wildman–Crippen LogP) is 3.48. The molecule has 1 fully saturated rings. The Morgan fingerprint density at radius 1 is 1.00 bits per heavy atom. The first kappa shape index (κ1) is 18.2. The van der Waals surface area contributed by atoms with E-state index in [1.807, 2.05) is 36.4 Å². The van der Waals surface area contributed by atoms with Crippen LogP contribution < -0.4 is 14.4 Å². The van der Waals surface area contributed by atoms with Gasteiger partial charge >= 0.3 is 0 Å². The Balaban J connectivity index is 1.34. The molecule has 0 spiro atoms. The molecule has 0 bridgehead atoms. The fourth-order valence-corrected chi connectivity index (χ4v) is 3.56. The summed E-state index contributed by atoms with van der Waals surface area (Å²) in [6, 6.07) is 13.6. The van der Waals surface area contributed by atoms with E-state index in [9.17, 15) is 5.11 Å². The number of nitrogens with zero attached hydrogens (tertiary/aromatic N) is 2. The van der Waals surface area contributed by atoms with Crippen LogP contribution in [0.2, 0.25) is 5.02 Å².